The van der Waals surface area contributed by atoms with Crippen LogP contribution in [0, 0.1) is 0 Å². The minimum Gasteiger partial charge on any atom is -0.335 e. The van der Waals surface area contributed by atoms with Gasteiger partial charge < -0.3 is 5.32 Å². The first-order valence-electron chi connectivity index (χ1n) is 3.79. The van der Waals surface area contributed by atoms with Gasteiger partial charge in [0.05, 0.1) is 0 Å². The molecule has 0 aliphatic rings. The SMILES string of the molecule is CN=C(Nc1cccc(Cl)c1)SC. The van der Waals surface area contributed by atoms with Crippen LogP contribution in [0.2, 0.25) is 5.02 Å². The Morgan fingerprint density at radius 1 is 1.54 bits per heavy atom. The second-order valence-electron chi connectivity index (χ2n) is 2.37. The standard InChI is InChI=1S/C9H11ClN2S/c1-11-9(13-2)12-8-5-3-4-7(10)6-8/h3-6H,1-2H3,(H,11,12). The molecule has 0 saturated heterocycles. The minimum absolute atomic E-state index is 0.724. The molecule has 0 aliphatic carbocycles. The molecule has 0 radical (unpaired) electrons. The molecule has 4 heteroatoms. The summed E-state index contributed by atoms with van der Waals surface area (Å²) in [4.78, 5) is 4.06. The summed E-state index contributed by atoms with van der Waals surface area (Å²) in [6.07, 6.45) is 1.97. The summed E-state index contributed by atoms with van der Waals surface area (Å²) in [5.41, 5.74) is 0.961. The molecule has 1 aromatic carbocycles. The average Bonchev–Trinajstić information content (AvgIpc) is 2.14. The van der Waals surface area contributed by atoms with Crippen LogP contribution in [-0.4, -0.2) is 18.5 Å². The maximum absolute atomic E-state index is 5.83. The van der Waals surface area contributed by atoms with Gasteiger partial charge in [0.15, 0.2) is 5.17 Å². The molecule has 0 heterocycles. The Balaban J connectivity index is 2.74. The quantitative estimate of drug-likeness (QED) is 0.574. The van der Waals surface area contributed by atoms with E-state index < -0.39 is 0 Å². The molecule has 0 aliphatic heterocycles. The first-order chi connectivity index (χ1) is 6.26. The monoisotopic (exact) mass is 214 g/mol. The van der Waals surface area contributed by atoms with Crippen molar-refractivity contribution >= 4 is 34.2 Å². The van der Waals surface area contributed by atoms with Crippen LogP contribution in [0.3, 0.4) is 0 Å². The van der Waals surface area contributed by atoms with Crippen molar-refractivity contribution in [3.63, 3.8) is 0 Å². The highest BCUT2D eigenvalue weighted by molar-refractivity contribution is 8.13. The van der Waals surface area contributed by atoms with E-state index in [0.717, 1.165) is 15.9 Å². The van der Waals surface area contributed by atoms with Crippen LogP contribution in [0.1, 0.15) is 0 Å². The van der Waals surface area contributed by atoms with E-state index in [-0.39, 0.29) is 0 Å². The maximum atomic E-state index is 5.83. The molecule has 0 aromatic heterocycles. The highest BCUT2D eigenvalue weighted by Gasteiger charge is 1.96. The molecule has 0 spiro atoms. The third kappa shape index (κ3) is 3.28. The molecule has 0 atom stereocenters. The van der Waals surface area contributed by atoms with E-state index in [1.54, 1.807) is 18.8 Å². The predicted octanol–water partition coefficient (Wildman–Crippen LogP) is 3.10. The number of thioether (sulfide) groups is 1. The topological polar surface area (TPSA) is 24.4 Å². The van der Waals surface area contributed by atoms with Crippen LogP contribution in [0.15, 0.2) is 29.3 Å². The van der Waals surface area contributed by atoms with Gasteiger partial charge in [-0.3, -0.25) is 4.99 Å². The van der Waals surface area contributed by atoms with Gasteiger partial charge in [-0.1, -0.05) is 29.4 Å². The van der Waals surface area contributed by atoms with Gasteiger partial charge in [-0.25, -0.2) is 0 Å². The fraction of sp³-hybridized carbons (Fsp3) is 0.222. The number of nitrogens with one attached hydrogen (secondary N) is 1. The first-order valence-corrected chi connectivity index (χ1v) is 5.40. The molecular weight excluding hydrogens is 204 g/mol. The molecule has 0 fully saturated rings. The summed E-state index contributed by atoms with van der Waals surface area (Å²) in [7, 11) is 1.75. The number of hydrogen-bond acceptors (Lipinski definition) is 2. The Morgan fingerprint density at radius 3 is 2.85 bits per heavy atom. The van der Waals surface area contributed by atoms with Gasteiger partial charge in [-0.2, -0.15) is 0 Å². The number of benzene rings is 1. The number of aliphatic imine (C=N–C) groups is 1. The summed E-state index contributed by atoms with van der Waals surface area (Å²) < 4.78 is 0. The van der Waals surface area contributed by atoms with E-state index in [0.29, 0.717) is 0 Å². The Morgan fingerprint density at radius 2 is 2.31 bits per heavy atom. The van der Waals surface area contributed by atoms with Crippen LogP contribution in [0.4, 0.5) is 5.69 Å². The third-order valence-electron chi connectivity index (χ3n) is 1.47. The third-order valence-corrected chi connectivity index (χ3v) is 2.38. The second-order valence-corrected chi connectivity index (χ2v) is 3.60. The lowest BCUT2D eigenvalue weighted by Crippen LogP contribution is -2.06. The van der Waals surface area contributed by atoms with Crippen LogP contribution < -0.4 is 5.32 Å². The molecule has 1 rings (SSSR count). The van der Waals surface area contributed by atoms with Crippen molar-refractivity contribution in [3.8, 4) is 0 Å². The van der Waals surface area contributed by atoms with Crippen LogP contribution in [-0.2, 0) is 0 Å². The van der Waals surface area contributed by atoms with Crippen molar-refractivity contribution in [1.82, 2.24) is 0 Å². The number of anilines is 1. The van der Waals surface area contributed by atoms with Crippen molar-refractivity contribution in [2.24, 2.45) is 4.99 Å². The largest absolute Gasteiger partial charge is 0.335 e. The van der Waals surface area contributed by atoms with Crippen LogP contribution in [0.5, 0.6) is 0 Å². The minimum atomic E-state index is 0.724. The van der Waals surface area contributed by atoms with E-state index >= 15 is 0 Å². The Kier molecular flexibility index (Phi) is 4.12. The lowest BCUT2D eigenvalue weighted by molar-refractivity contribution is 1.45. The number of nitrogens with zero attached hydrogens (tertiary/aromatic N) is 1. The number of rotatable bonds is 1. The molecule has 0 amide bonds. The smallest absolute Gasteiger partial charge is 0.160 e. The van der Waals surface area contributed by atoms with Crippen molar-refractivity contribution in [1.29, 1.82) is 0 Å². The number of hydrogen-bond donors (Lipinski definition) is 1. The fourth-order valence-corrected chi connectivity index (χ4v) is 1.48. The van der Waals surface area contributed by atoms with Crippen LogP contribution in [0.25, 0.3) is 0 Å². The summed E-state index contributed by atoms with van der Waals surface area (Å²) in [6.45, 7) is 0. The number of amidine groups is 1. The highest BCUT2D eigenvalue weighted by atomic mass is 35.5. The normalized spacial score (nSPS) is 11.5. The summed E-state index contributed by atoms with van der Waals surface area (Å²) in [6, 6.07) is 7.56. The molecule has 70 valence electrons. The molecule has 0 saturated carbocycles. The molecule has 2 nitrogen and oxygen atoms in total. The van der Waals surface area contributed by atoms with Crippen molar-refractivity contribution in [2.45, 2.75) is 0 Å². The summed E-state index contributed by atoms with van der Waals surface area (Å²) in [5.74, 6) is 0. The van der Waals surface area contributed by atoms with Gasteiger partial charge in [0.25, 0.3) is 0 Å². The van der Waals surface area contributed by atoms with E-state index in [9.17, 15) is 0 Å². The Labute approximate surface area is 87.4 Å². The summed E-state index contributed by atoms with van der Waals surface area (Å²) >= 11 is 7.39. The molecular formula is C9H11ClN2S. The average molecular weight is 215 g/mol. The first kappa shape index (κ1) is 10.4. The zero-order valence-corrected chi connectivity index (χ0v) is 9.12. The van der Waals surface area contributed by atoms with Gasteiger partial charge in [0, 0.05) is 17.8 Å². The fourth-order valence-electron chi connectivity index (χ4n) is 0.888. The summed E-state index contributed by atoms with van der Waals surface area (Å²) in [5, 5.41) is 4.75. The second kappa shape index (κ2) is 5.14. The zero-order valence-electron chi connectivity index (χ0n) is 7.54. The van der Waals surface area contributed by atoms with E-state index in [1.807, 2.05) is 30.5 Å². The van der Waals surface area contributed by atoms with Crippen molar-refractivity contribution in [3.05, 3.63) is 29.3 Å². The van der Waals surface area contributed by atoms with Gasteiger partial charge >= 0.3 is 0 Å². The van der Waals surface area contributed by atoms with E-state index in [2.05, 4.69) is 10.3 Å². The highest BCUT2D eigenvalue weighted by Crippen LogP contribution is 2.16. The maximum Gasteiger partial charge on any atom is 0.160 e. The Bertz CT molecular complexity index is 312. The van der Waals surface area contributed by atoms with Gasteiger partial charge in [-0.05, 0) is 24.5 Å². The lowest BCUT2D eigenvalue weighted by Gasteiger charge is -2.06. The van der Waals surface area contributed by atoms with Gasteiger partial charge in [0.1, 0.15) is 0 Å². The number of halogens is 1. The molecule has 1 aromatic rings. The zero-order chi connectivity index (χ0) is 9.68. The van der Waals surface area contributed by atoms with Crippen LogP contribution >= 0.6 is 23.4 Å². The molecule has 0 bridgehead atoms. The van der Waals surface area contributed by atoms with Gasteiger partial charge in [0.2, 0.25) is 0 Å². The molecule has 0 unspecified atom stereocenters. The Hall–Kier alpha value is -0.670. The lowest BCUT2D eigenvalue weighted by atomic mass is 10.3. The molecule has 13 heavy (non-hydrogen) atoms. The van der Waals surface area contributed by atoms with E-state index in [4.69, 9.17) is 11.6 Å². The predicted molar refractivity (Wildman–Crippen MR) is 61.9 cm³/mol. The van der Waals surface area contributed by atoms with Crippen molar-refractivity contribution < 1.29 is 0 Å². The van der Waals surface area contributed by atoms with Gasteiger partial charge in [-0.15, -0.1) is 0 Å². The van der Waals surface area contributed by atoms with Crippen molar-refractivity contribution in [2.75, 3.05) is 18.6 Å². The molecule has 1 N–H and O–H groups in total. The van der Waals surface area contributed by atoms with E-state index in [1.165, 1.54) is 0 Å².